The molecular formula is C25H31N5O5S4. The van der Waals surface area contributed by atoms with E-state index < -0.39 is 19.9 Å². The van der Waals surface area contributed by atoms with Crippen molar-refractivity contribution in [3.05, 3.63) is 48.3 Å². The van der Waals surface area contributed by atoms with Crippen molar-refractivity contribution in [3.8, 4) is 5.75 Å². The van der Waals surface area contributed by atoms with Crippen molar-refractivity contribution >= 4 is 65.0 Å². The number of thioether (sulfide) groups is 2. The van der Waals surface area contributed by atoms with Gasteiger partial charge in [0.1, 0.15) is 20.6 Å². The summed E-state index contributed by atoms with van der Waals surface area (Å²) in [7, 11) is -7.06. The SMILES string of the molecule is CS(=O)(=O)CCCOc1cc(NS(=O)(=O)c2ccccn2)c2[nH]c(C3=NCC(CN4CCSCC4)S3)cc2c1. The lowest BCUT2D eigenvalue weighted by Gasteiger charge is -2.28. The molecule has 3 aromatic rings. The van der Waals surface area contributed by atoms with Crippen LogP contribution in [-0.4, -0.2) is 98.3 Å². The van der Waals surface area contributed by atoms with Crippen LogP contribution in [0.5, 0.6) is 5.75 Å². The van der Waals surface area contributed by atoms with E-state index in [0.29, 0.717) is 28.6 Å². The number of ether oxygens (including phenoxy) is 1. The van der Waals surface area contributed by atoms with Gasteiger partial charge in [-0.1, -0.05) is 17.8 Å². The second-order valence-electron chi connectivity index (χ2n) is 9.52. The Labute approximate surface area is 237 Å². The van der Waals surface area contributed by atoms with Crippen LogP contribution >= 0.6 is 23.5 Å². The molecular weight excluding hydrogens is 579 g/mol. The van der Waals surface area contributed by atoms with E-state index in [9.17, 15) is 16.8 Å². The molecule has 2 aliphatic heterocycles. The molecule has 1 aromatic carbocycles. The largest absolute Gasteiger partial charge is 0.493 e. The van der Waals surface area contributed by atoms with Crippen LogP contribution in [0.15, 0.2) is 52.6 Å². The van der Waals surface area contributed by atoms with Crippen LogP contribution in [0.1, 0.15) is 12.1 Å². The first-order valence-corrected chi connectivity index (χ1v) is 18.2. The Kier molecular flexibility index (Phi) is 8.76. The monoisotopic (exact) mass is 609 g/mol. The average Bonchev–Trinajstić information content (AvgIpc) is 3.54. The summed E-state index contributed by atoms with van der Waals surface area (Å²) in [5, 5.41) is 1.94. The van der Waals surface area contributed by atoms with E-state index >= 15 is 0 Å². The van der Waals surface area contributed by atoms with E-state index in [1.54, 1.807) is 30.0 Å². The first kappa shape index (κ1) is 28.3. The van der Waals surface area contributed by atoms with Gasteiger partial charge in [0.05, 0.1) is 35.8 Å². The number of hydrogen-bond acceptors (Lipinski definition) is 10. The second kappa shape index (κ2) is 12.1. The Morgan fingerprint density at radius 2 is 1.97 bits per heavy atom. The Hall–Kier alpha value is -2.26. The summed E-state index contributed by atoms with van der Waals surface area (Å²) in [4.78, 5) is 14.6. The first-order valence-electron chi connectivity index (χ1n) is 12.6. The number of nitrogens with zero attached hydrogens (tertiary/aromatic N) is 3. The lowest BCUT2D eigenvalue weighted by Crippen LogP contribution is -2.37. The smallest absolute Gasteiger partial charge is 0.279 e. The van der Waals surface area contributed by atoms with Gasteiger partial charge in [-0.2, -0.15) is 20.2 Å². The maximum atomic E-state index is 13.1. The third-order valence-electron chi connectivity index (χ3n) is 6.30. The topological polar surface area (TPSA) is 134 Å². The molecule has 0 amide bonds. The summed E-state index contributed by atoms with van der Waals surface area (Å²) in [6.45, 7) is 4.14. The molecule has 1 unspecified atom stereocenters. The number of H-pyrrole nitrogens is 1. The number of anilines is 1. The molecule has 0 saturated carbocycles. The lowest BCUT2D eigenvalue weighted by atomic mass is 10.2. The Bertz CT molecular complexity index is 1550. The third-order valence-corrected chi connectivity index (χ3v) is 10.8. The molecule has 5 rings (SSSR count). The third kappa shape index (κ3) is 7.48. The number of nitrogens with one attached hydrogen (secondary N) is 2. The molecule has 2 N–H and O–H groups in total. The maximum Gasteiger partial charge on any atom is 0.279 e. The molecule has 2 aliphatic rings. The molecule has 1 atom stereocenters. The highest BCUT2D eigenvalue weighted by Crippen LogP contribution is 2.34. The van der Waals surface area contributed by atoms with Crippen molar-refractivity contribution in [2.24, 2.45) is 4.99 Å². The standard InChI is InChI=1S/C25H31N5O5S4/c1-38(31,32)12-4-9-35-19-13-18-14-22(25-27-16-20(37-25)17-30-7-10-36-11-8-30)28-24(18)21(15-19)29-39(33,34)23-5-2-3-6-26-23/h2-3,5-6,13-15,20,28-29H,4,7-12,16-17H2,1H3. The molecule has 1 fully saturated rings. The number of aromatic nitrogens is 2. The highest BCUT2D eigenvalue weighted by Gasteiger charge is 2.26. The van der Waals surface area contributed by atoms with Crippen LogP contribution in [0.3, 0.4) is 0 Å². The number of benzene rings is 1. The number of fused-ring (bicyclic) bond motifs is 1. The van der Waals surface area contributed by atoms with Crippen molar-refractivity contribution in [1.29, 1.82) is 0 Å². The quantitative estimate of drug-likeness (QED) is 0.315. The van der Waals surface area contributed by atoms with Gasteiger partial charge in [-0.05, 0) is 30.7 Å². The van der Waals surface area contributed by atoms with E-state index in [2.05, 4.69) is 19.6 Å². The normalized spacial score (nSPS) is 18.8. The Morgan fingerprint density at radius 3 is 2.72 bits per heavy atom. The van der Waals surface area contributed by atoms with Gasteiger partial charge in [-0.15, -0.1) is 0 Å². The summed E-state index contributed by atoms with van der Waals surface area (Å²) in [5.41, 5.74) is 1.74. The van der Waals surface area contributed by atoms with E-state index in [1.165, 1.54) is 30.0 Å². The predicted octanol–water partition coefficient (Wildman–Crippen LogP) is 3.09. The molecule has 0 bridgehead atoms. The number of hydrogen-bond donors (Lipinski definition) is 2. The van der Waals surface area contributed by atoms with Crippen LogP contribution in [0.25, 0.3) is 10.9 Å². The summed E-state index contributed by atoms with van der Waals surface area (Å²) < 4.78 is 57.6. The minimum atomic E-state index is -3.96. The van der Waals surface area contributed by atoms with Crippen molar-refractivity contribution in [2.45, 2.75) is 16.7 Å². The number of pyridine rings is 1. The summed E-state index contributed by atoms with van der Waals surface area (Å²) in [5.74, 6) is 2.78. The maximum absolute atomic E-state index is 13.1. The van der Waals surface area contributed by atoms with Gasteiger partial charge in [0.15, 0.2) is 5.03 Å². The highest BCUT2D eigenvalue weighted by molar-refractivity contribution is 8.15. The van der Waals surface area contributed by atoms with Crippen molar-refractivity contribution in [3.63, 3.8) is 0 Å². The molecule has 1 saturated heterocycles. The summed E-state index contributed by atoms with van der Waals surface area (Å²) in [6.07, 6.45) is 2.94. The van der Waals surface area contributed by atoms with Crippen LogP contribution in [0.2, 0.25) is 0 Å². The van der Waals surface area contributed by atoms with Gasteiger partial charge < -0.3 is 14.6 Å². The molecule has 0 aliphatic carbocycles. The molecule has 10 nitrogen and oxygen atoms in total. The summed E-state index contributed by atoms with van der Waals surface area (Å²) in [6, 6.07) is 10.1. The number of rotatable bonds is 11. The van der Waals surface area contributed by atoms with E-state index in [0.717, 1.165) is 42.3 Å². The molecule has 0 radical (unpaired) electrons. The molecule has 14 heteroatoms. The summed E-state index contributed by atoms with van der Waals surface area (Å²) >= 11 is 3.74. The first-order chi connectivity index (χ1) is 18.7. The number of aromatic amines is 1. The Morgan fingerprint density at radius 1 is 1.15 bits per heavy atom. The lowest BCUT2D eigenvalue weighted by molar-refractivity contribution is 0.305. The van der Waals surface area contributed by atoms with Gasteiger partial charge in [-0.3, -0.25) is 9.71 Å². The molecule has 210 valence electrons. The van der Waals surface area contributed by atoms with E-state index in [4.69, 9.17) is 9.73 Å². The zero-order chi connectivity index (χ0) is 27.5. The second-order valence-corrected chi connectivity index (χ2v) is 15.9. The van der Waals surface area contributed by atoms with Crippen LogP contribution in [0, 0.1) is 0 Å². The van der Waals surface area contributed by atoms with Crippen molar-refractivity contribution in [1.82, 2.24) is 14.9 Å². The zero-order valence-electron chi connectivity index (χ0n) is 21.5. The van der Waals surface area contributed by atoms with Crippen LogP contribution in [0.4, 0.5) is 5.69 Å². The fraction of sp³-hybridized carbons (Fsp3) is 0.440. The van der Waals surface area contributed by atoms with Crippen molar-refractivity contribution in [2.75, 3.05) is 61.0 Å². The van der Waals surface area contributed by atoms with Gasteiger partial charge >= 0.3 is 0 Å². The van der Waals surface area contributed by atoms with Gasteiger partial charge in [-0.25, -0.2) is 13.4 Å². The van der Waals surface area contributed by atoms with E-state index in [1.807, 2.05) is 23.9 Å². The number of sulfone groups is 1. The Balaban J connectivity index is 1.39. The van der Waals surface area contributed by atoms with Gasteiger partial charge in [0.2, 0.25) is 0 Å². The number of aliphatic imine (C=N–C) groups is 1. The fourth-order valence-electron chi connectivity index (χ4n) is 4.44. The highest BCUT2D eigenvalue weighted by atomic mass is 32.2. The predicted molar refractivity (Wildman–Crippen MR) is 160 cm³/mol. The zero-order valence-corrected chi connectivity index (χ0v) is 24.8. The van der Waals surface area contributed by atoms with E-state index in [-0.39, 0.29) is 17.4 Å². The molecule has 2 aromatic heterocycles. The average molecular weight is 610 g/mol. The molecule has 39 heavy (non-hydrogen) atoms. The van der Waals surface area contributed by atoms with Crippen LogP contribution in [-0.2, 0) is 19.9 Å². The van der Waals surface area contributed by atoms with Gasteiger partial charge in [0.25, 0.3) is 10.0 Å². The minimum Gasteiger partial charge on any atom is -0.493 e. The van der Waals surface area contributed by atoms with Crippen LogP contribution < -0.4 is 9.46 Å². The number of sulfonamides is 1. The fourth-order valence-corrected chi connectivity index (χ4v) is 8.21. The molecule has 0 spiro atoms. The minimum absolute atomic E-state index is 0.0111. The van der Waals surface area contributed by atoms with Crippen molar-refractivity contribution < 1.29 is 21.6 Å². The van der Waals surface area contributed by atoms with Gasteiger partial charge in [0, 0.05) is 60.3 Å². The molecule has 4 heterocycles.